The van der Waals surface area contributed by atoms with E-state index in [1.165, 1.54) is 23.6 Å². The first-order valence-corrected chi connectivity index (χ1v) is 12.5. The van der Waals surface area contributed by atoms with E-state index >= 15 is 0 Å². The number of nitrogens with one attached hydrogen (secondary N) is 1. The molecule has 1 unspecified atom stereocenters. The lowest BCUT2D eigenvalue weighted by Crippen LogP contribution is -2.65. The fourth-order valence-electron chi connectivity index (χ4n) is 4.26. The van der Waals surface area contributed by atoms with Gasteiger partial charge in [-0.05, 0) is 43.5 Å². The van der Waals surface area contributed by atoms with E-state index in [1.807, 2.05) is 13.8 Å². The van der Waals surface area contributed by atoms with E-state index in [1.54, 1.807) is 27.0 Å². The molecule has 1 aliphatic rings. The van der Waals surface area contributed by atoms with Crippen molar-refractivity contribution in [2.24, 2.45) is 18.9 Å². The largest absolute Gasteiger partial charge is 0.444 e. The predicted octanol–water partition coefficient (Wildman–Crippen LogP) is 3.11. The van der Waals surface area contributed by atoms with Gasteiger partial charge in [0.25, 0.3) is 17.6 Å². The van der Waals surface area contributed by atoms with Crippen molar-refractivity contribution in [1.29, 1.82) is 5.26 Å². The zero-order valence-corrected chi connectivity index (χ0v) is 23.3. The molecule has 1 atom stereocenters. The highest BCUT2D eigenvalue weighted by atomic mass is 19.1. The number of rotatable bonds is 9. The Bertz CT molecular complexity index is 1460. The molecule has 2 amide bonds. The number of amides is 2. The van der Waals surface area contributed by atoms with Gasteiger partial charge in [0.1, 0.15) is 17.6 Å². The maximum Gasteiger partial charge on any atom is 0.310 e. The van der Waals surface area contributed by atoms with E-state index in [-0.39, 0.29) is 47.2 Å². The minimum Gasteiger partial charge on any atom is -0.444 e. The highest BCUT2D eigenvalue weighted by Gasteiger charge is 2.48. The van der Waals surface area contributed by atoms with Gasteiger partial charge in [-0.3, -0.25) is 24.1 Å². The van der Waals surface area contributed by atoms with Crippen LogP contribution in [-0.2, 0) is 26.1 Å². The summed E-state index contributed by atoms with van der Waals surface area (Å²) >= 11 is 0. The number of nitriles is 1. The molecule has 1 aromatic carbocycles. The third-order valence-electron chi connectivity index (χ3n) is 7.33. The number of esters is 1. The van der Waals surface area contributed by atoms with Gasteiger partial charge in [-0.15, -0.1) is 6.42 Å². The minimum absolute atomic E-state index is 0.00578. The van der Waals surface area contributed by atoms with Crippen molar-refractivity contribution in [3.8, 4) is 18.4 Å². The monoisotopic (exact) mass is 550 g/mol. The van der Waals surface area contributed by atoms with Crippen LogP contribution in [0.2, 0.25) is 0 Å². The van der Waals surface area contributed by atoms with Crippen LogP contribution in [0.3, 0.4) is 0 Å². The lowest BCUT2D eigenvalue weighted by Gasteiger charge is -2.44. The maximum atomic E-state index is 13.7. The maximum absolute atomic E-state index is 13.7. The summed E-state index contributed by atoms with van der Waals surface area (Å²) < 4.78 is 25.8. The second-order valence-corrected chi connectivity index (χ2v) is 10.1. The molecule has 0 saturated carbocycles. The molecular weight excluding hydrogens is 519 g/mol. The summed E-state index contributed by atoms with van der Waals surface area (Å²) in [5.41, 5.74) is -0.704. The van der Waals surface area contributed by atoms with Crippen LogP contribution in [0.5, 0.6) is 0 Å². The Hall–Kier alpha value is -4.48. The summed E-state index contributed by atoms with van der Waals surface area (Å²) in [7, 11) is 1.55. The quantitative estimate of drug-likeness (QED) is 0.167. The number of ether oxygens (including phenoxy) is 2. The molecule has 210 valence electrons. The average Bonchev–Trinajstić information content (AvgIpc) is 3.12. The Morgan fingerprint density at radius 3 is 2.42 bits per heavy atom. The summed E-state index contributed by atoms with van der Waals surface area (Å²) in [4.78, 5) is 53.9. The Morgan fingerprint density at radius 2 is 1.90 bits per heavy atom. The SMILES string of the molecule is C#CC1(N(COC(=O)C(C)C(C)C)C(=O)C(=O)c2c(C)c(C(=O)Nc3ccc(F)c(C#N)c3)n(C)c2C)COC1. The number of hydrogen-bond acceptors (Lipinski definition) is 7. The molecule has 3 rings (SSSR count). The van der Waals surface area contributed by atoms with Gasteiger partial charge in [-0.2, -0.15) is 5.26 Å². The predicted molar refractivity (Wildman–Crippen MR) is 142 cm³/mol. The van der Waals surface area contributed by atoms with Crippen LogP contribution in [0, 0.1) is 55.2 Å². The van der Waals surface area contributed by atoms with Crippen LogP contribution in [-0.4, -0.2) is 58.5 Å². The van der Waals surface area contributed by atoms with Crippen molar-refractivity contribution in [2.45, 2.75) is 40.2 Å². The highest BCUT2D eigenvalue weighted by molar-refractivity contribution is 6.43. The molecule has 2 heterocycles. The molecule has 1 N–H and O–H groups in total. The van der Waals surface area contributed by atoms with Gasteiger partial charge < -0.3 is 19.4 Å². The molecule has 2 aromatic rings. The van der Waals surface area contributed by atoms with E-state index in [0.29, 0.717) is 5.69 Å². The fraction of sp³-hybridized carbons (Fsp3) is 0.414. The summed E-state index contributed by atoms with van der Waals surface area (Å²) in [6, 6.07) is 5.25. The number of Topliss-reactive ketones (excluding diaryl/α,β-unsaturated/α-hetero) is 1. The van der Waals surface area contributed by atoms with Gasteiger partial charge in [-0.1, -0.05) is 26.7 Å². The highest BCUT2D eigenvalue weighted by Crippen LogP contribution is 2.29. The first kappa shape index (κ1) is 30.1. The molecule has 1 saturated heterocycles. The molecule has 1 aromatic heterocycles. The van der Waals surface area contributed by atoms with Crippen molar-refractivity contribution in [1.82, 2.24) is 9.47 Å². The molecule has 11 heteroatoms. The lowest BCUT2D eigenvalue weighted by atomic mass is 9.94. The second kappa shape index (κ2) is 11.7. The fourth-order valence-corrected chi connectivity index (χ4v) is 4.26. The molecule has 0 spiro atoms. The van der Waals surface area contributed by atoms with Crippen molar-refractivity contribution in [3.05, 3.63) is 52.1 Å². The van der Waals surface area contributed by atoms with Gasteiger partial charge in [-0.25, -0.2) is 4.39 Å². The second-order valence-electron chi connectivity index (χ2n) is 10.1. The topological polar surface area (TPSA) is 131 Å². The standard InChI is InChI=1S/C29H31FN4O6/c1-8-29(13-39-14-29)34(15-40-28(38)17(4)16(2)3)27(37)25(35)23-18(5)24(33(7)19(23)6)26(36)32-21-9-10-22(30)20(11-21)12-31/h1,9-11,16-17H,13-15H2,2-7H3,(H,32,36). The number of anilines is 1. The molecular formula is C29H31FN4O6. The van der Waals surface area contributed by atoms with Crippen LogP contribution in [0.1, 0.15) is 58.4 Å². The summed E-state index contributed by atoms with van der Waals surface area (Å²) in [6.45, 7) is 7.88. The van der Waals surface area contributed by atoms with E-state index in [4.69, 9.17) is 21.2 Å². The Kier molecular flexibility index (Phi) is 8.81. The Labute approximate surface area is 232 Å². The van der Waals surface area contributed by atoms with E-state index in [9.17, 15) is 23.6 Å². The zero-order valence-electron chi connectivity index (χ0n) is 23.3. The lowest BCUT2D eigenvalue weighted by molar-refractivity contribution is -0.175. The molecule has 0 radical (unpaired) electrons. The van der Waals surface area contributed by atoms with Crippen molar-refractivity contribution >= 4 is 29.3 Å². The van der Waals surface area contributed by atoms with Gasteiger partial charge in [0.15, 0.2) is 12.3 Å². The van der Waals surface area contributed by atoms with Crippen molar-refractivity contribution < 1.29 is 33.0 Å². The number of hydrogen-bond donors (Lipinski definition) is 1. The number of halogens is 1. The molecule has 1 aliphatic heterocycles. The van der Waals surface area contributed by atoms with Gasteiger partial charge >= 0.3 is 5.97 Å². The van der Waals surface area contributed by atoms with Crippen molar-refractivity contribution in [2.75, 3.05) is 25.3 Å². The zero-order chi connectivity index (χ0) is 29.9. The van der Waals surface area contributed by atoms with E-state index < -0.39 is 47.6 Å². The molecule has 10 nitrogen and oxygen atoms in total. The minimum atomic E-state index is -1.27. The number of benzene rings is 1. The number of aromatic nitrogens is 1. The number of nitrogens with zero attached hydrogens (tertiary/aromatic N) is 3. The first-order chi connectivity index (χ1) is 18.8. The molecule has 0 bridgehead atoms. The number of ketones is 1. The summed E-state index contributed by atoms with van der Waals surface area (Å²) in [5, 5.41) is 11.7. The van der Waals surface area contributed by atoms with Gasteiger partial charge in [0.05, 0.1) is 30.3 Å². The smallest absolute Gasteiger partial charge is 0.310 e. The van der Waals surface area contributed by atoms with Crippen LogP contribution in [0.4, 0.5) is 10.1 Å². The number of terminal acetylenes is 1. The molecule has 0 aliphatic carbocycles. The van der Waals surface area contributed by atoms with Crippen molar-refractivity contribution in [3.63, 3.8) is 0 Å². The molecule has 1 fully saturated rings. The normalized spacial score (nSPS) is 14.3. The van der Waals surface area contributed by atoms with Crippen LogP contribution < -0.4 is 5.32 Å². The third kappa shape index (κ3) is 5.47. The van der Waals surface area contributed by atoms with Gasteiger partial charge in [0, 0.05) is 18.4 Å². The van der Waals surface area contributed by atoms with Crippen LogP contribution in [0.25, 0.3) is 0 Å². The summed E-state index contributed by atoms with van der Waals surface area (Å²) in [5.74, 6) is -1.80. The number of carbonyl (C=O) groups is 4. The number of carbonyl (C=O) groups excluding carboxylic acids is 4. The third-order valence-corrected chi connectivity index (χ3v) is 7.33. The van der Waals surface area contributed by atoms with Crippen LogP contribution in [0.15, 0.2) is 18.2 Å². The van der Waals surface area contributed by atoms with E-state index in [2.05, 4.69) is 11.2 Å². The summed E-state index contributed by atoms with van der Waals surface area (Å²) in [6.07, 6.45) is 5.72. The Balaban J connectivity index is 1.93. The molecule has 40 heavy (non-hydrogen) atoms. The van der Waals surface area contributed by atoms with Crippen LogP contribution >= 0.6 is 0 Å². The Morgan fingerprint density at radius 1 is 1.25 bits per heavy atom. The van der Waals surface area contributed by atoms with Gasteiger partial charge in [0.2, 0.25) is 0 Å². The average molecular weight is 551 g/mol. The van der Waals surface area contributed by atoms with E-state index in [0.717, 1.165) is 11.0 Å². The first-order valence-electron chi connectivity index (χ1n) is 12.5.